The van der Waals surface area contributed by atoms with Crippen LogP contribution in [0.3, 0.4) is 0 Å². The largest absolute Gasteiger partial charge is 0.396 e. The fourth-order valence-electron chi connectivity index (χ4n) is 1.27. The minimum absolute atomic E-state index is 0.104. The summed E-state index contributed by atoms with van der Waals surface area (Å²) in [5, 5.41) is 15.6. The summed E-state index contributed by atoms with van der Waals surface area (Å²) in [6, 6.07) is 0. The predicted octanol–water partition coefficient (Wildman–Crippen LogP) is 0.401. The topological polar surface area (TPSA) is 74.7 Å². The molecular formula is C9H10N4O. The van der Waals surface area contributed by atoms with Crippen molar-refractivity contribution in [3.8, 4) is 11.4 Å². The first-order chi connectivity index (χ1) is 6.92. The number of hydrogen-bond donors (Lipinski definition) is 2. The second-order valence-electron chi connectivity index (χ2n) is 2.83. The third kappa shape index (κ3) is 1.62. The molecule has 0 amide bonds. The van der Waals surface area contributed by atoms with E-state index in [2.05, 4.69) is 20.2 Å². The Morgan fingerprint density at radius 3 is 2.93 bits per heavy atom. The number of hydrogen-bond acceptors (Lipinski definition) is 4. The second kappa shape index (κ2) is 3.97. The first-order valence-electron chi connectivity index (χ1n) is 4.31. The third-order valence-corrected chi connectivity index (χ3v) is 1.92. The molecule has 0 saturated heterocycles. The van der Waals surface area contributed by atoms with Gasteiger partial charge in [-0.15, -0.1) is 0 Å². The van der Waals surface area contributed by atoms with E-state index in [1.165, 1.54) is 0 Å². The van der Waals surface area contributed by atoms with Gasteiger partial charge in [-0.3, -0.25) is 15.1 Å². The summed E-state index contributed by atoms with van der Waals surface area (Å²) in [7, 11) is 0. The van der Waals surface area contributed by atoms with Gasteiger partial charge in [-0.25, -0.2) is 0 Å². The molecule has 0 radical (unpaired) electrons. The van der Waals surface area contributed by atoms with Gasteiger partial charge in [0, 0.05) is 24.6 Å². The fourth-order valence-corrected chi connectivity index (χ4v) is 1.27. The zero-order chi connectivity index (χ0) is 9.80. The van der Waals surface area contributed by atoms with E-state index < -0.39 is 0 Å². The number of aromatic nitrogens is 4. The molecule has 0 saturated carbocycles. The van der Waals surface area contributed by atoms with Gasteiger partial charge < -0.3 is 5.11 Å². The van der Waals surface area contributed by atoms with Crippen LogP contribution in [0.5, 0.6) is 0 Å². The Bertz CT molecular complexity index is 398. The molecule has 0 spiro atoms. The zero-order valence-corrected chi connectivity index (χ0v) is 7.51. The summed E-state index contributed by atoms with van der Waals surface area (Å²) < 4.78 is 0. The number of nitrogens with zero attached hydrogens (tertiary/aromatic N) is 3. The van der Waals surface area contributed by atoms with Gasteiger partial charge >= 0.3 is 0 Å². The van der Waals surface area contributed by atoms with E-state index in [0.29, 0.717) is 6.42 Å². The SMILES string of the molecule is OCCc1cn[nH]c1-c1cnccn1. The van der Waals surface area contributed by atoms with Gasteiger partial charge in [0.2, 0.25) is 0 Å². The van der Waals surface area contributed by atoms with E-state index in [4.69, 9.17) is 5.11 Å². The lowest BCUT2D eigenvalue weighted by molar-refractivity contribution is 0.300. The number of aliphatic hydroxyl groups excluding tert-OH is 1. The van der Waals surface area contributed by atoms with E-state index in [-0.39, 0.29) is 6.61 Å². The summed E-state index contributed by atoms with van der Waals surface area (Å²) in [5.74, 6) is 0. The van der Waals surface area contributed by atoms with Gasteiger partial charge in [-0.05, 0) is 6.42 Å². The molecule has 5 nitrogen and oxygen atoms in total. The first-order valence-corrected chi connectivity index (χ1v) is 4.31. The molecule has 0 bridgehead atoms. The molecule has 14 heavy (non-hydrogen) atoms. The molecule has 0 aliphatic heterocycles. The molecule has 2 aromatic heterocycles. The third-order valence-electron chi connectivity index (χ3n) is 1.92. The van der Waals surface area contributed by atoms with E-state index in [1.54, 1.807) is 24.8 Å². The Labute approximate surface area is 80.8 Å². The molecule has 2 N–H and O–H groups in total. The molecule has 5 heteroatoms. The normalized spacial score (nSPS) is 10.4. The number of aliphatic hydroxyl groups is 1. The zero-order valence-electron chi connectivity index (χ0n) is 7.51. The highest BCUT2D eigenvalue weighted by Gasteiger charge is 2.07. The summed E-state index contributed by atoms with van der Waals surface area (Å²) in [5.41, 5.74) is 2.52. The molecule has 0 unspecified atom stereocenters. The monoisotopic (exact) mass is 190 g/mol. The average molecular weight is 190 g/mol. The minimum atomic E-state index is 0.104. The lowest BCUT2D eigenvalue weighted by atomic mass is 10.1. The van der Waals surface area contributed by atoms with Crippen molar-refractivity contribution in [1.82, 2.24) is 20.2 Å². The van der Waals surface area contributed by atoms with Crippen LogP contribution in [0.15, 0.2) is 24.8 Å². The van der Waals surface area contributed by atoms with Crippen LogP contribution in [0.4, 0.5) is 0 Å². The summed E-state index contributed by atoms with van der Waals surface area (Å²) in [6.45, 7) is 0.104. The van der Waals surface area contributed by atoms with Gasteiger partial charge in [0.05, 0.1) is 18.1 Å². The Kier molecular flexibility index (Phi) is 2.51. The Morgan fingerprint density at radius 1 is 1.29 bits per heavy atom. The summed E-state index contributed by atoms with van der Waals surface area (Å²) >= 11 is 0. The number of nitrogens with one attached hydrogen (secondary N) is 1. The van der Waals surface area contributed by atoms with Gasteiger partial charge in [0.1, 0.15) is 5.69 Å². The van der Waals surface area contributed by atoms with Crippen molar-refractivity contribution in [3.05, 3.63) is 30.4 Å². The highest BCUT2D eigenvalue weighted by Crippen LogP contribution is 2.17. The lowest BCUT2D eigenvalue weighted by Gasteiger charge is -1.99. The van der Waals surface area contributed by atoms with Crippen LogP contribution in [0.2, 0.25) is 0 Å². The Morgan fingerprint density at radius 2 is 2.21 bits per heavy atom. The molecule has 0 aliphatic carbocycles. The van der Waals surface area contributed by atoms with Crippen LogP contribution in [0.1, 0.15) is 5.56 Å². The fraction of sp³-hybridized carbons (Fsp3) is 0.222. The molecule has 0 aliphatic rings. The molecule has 0 atom stereocenters. The molecule has 2 rings (SSSR count). The lowest BCUT2D eigenvalue weighted by Crippen LogP contribution is -1.93. The maximum atomic E-state index is 8.83. The second-order valence-corrected chi connectivity index (χ2v) is 2.83. The van der Waals surface area contributed by atoms with E-state index in [1.807, 2.05) is 0 Å². The van der Waals surface area contributed by atoms with Crippen LogP contribution < -0.4 is 0 Å². The number of H-pyrrole nitrogens is 1. The predicted molar refractivity (Wildman–Crippen MR) is 50.4 cm³/mol. The summed E-state index contributed by atoms with van der Waals surface area (Å²) in [6.07, 6.45) is 7.17. The number of aromatic amines is 1. The molecule has 2 aromatic rings. The Balaban J connectivity index is 2.37. The summed E-state index contributed by atoms with van der Waals surface area (Å²) in [4.78, 5) is 8.12. The van der Waals surface area contributed by atoms with Gasteiger partial charge in [-0.2, -0.15) is 5.10 Å². The molecule has 0 aromatic carbocycles. The average Bonchev–Trinajstić information content (AvgIpc) is 2.68. The van der Waals surface area contributed by atoms with Crippen molar-refractivity contribution >= 4 is 0 Å². The van der Waals surface area contributed by atoms with Crippen molar-refractivity contribution in [1.29, 1.82) is 0 Å². The van der Waals surface area contributed by atoms with Crippen LogP contribution in [0.25, 0.3) is 11.4 Å². The van der Waals surface area contributed by atoms with Crippen molar-refractivity contribution in [2.75, 3.05) is 6.61 Å². The van der Waals surface area contributed by atoms with Gasteiger partial charge in [0.15, 0.2) is 0 Å². The Hall–Kier alpha value is -1.75. The van der Waals surface area contributed by atoms with Crippen molar-refractivity contribution < 1.29 is 5.11 Å². The van der Waals surface area contributed by atoms with Crippen LogP contribution in [-0.4, -0.2) is 31.9 Å². The van der Waals surface area contributed by atoms with Crippen molar-refractivity contribution in [2.45, 2.75) is 6.42 Å². The minimum Gasteiger partial charge on any atom is -0.396 e. The highest BCUT2D eigenvalue weighted by atomic mass is 16.2. The molecular weight excluding hydrogens is 180 g/mol. The number of rotatable bonds is 3. The van der Waals surface area contributed by atoms with E-state index >= 15 is 0 Å². The quantitative estimate of drug-likeness (QED) is 0.734. The molecule has 72 valence electrons. The van der Waals surface area contributed by atoms with E-state index in [9.17, 15) is 0 Å². The molecule has 2 heterocycles. The van der Waals surface area contributed by atoms with Crippen LogP contribution >= 0.6 is 0 Å². The van der Waals surface area contributed by atoms with Crippen molar-refractivity contribution in [2.24, 2.45) is 0 Å². The van der Waals surface area contributed by atoms with Crippen molar-refractivity contribution in [3.63, 3.8) is 0 Å². The first kappa shape index (κ1) is 8.83. The van der Waals surface area contributed by atoms with E-state index in [0.717, 1.165) is 17.0 Å². The highest BCUT2D eigenvalue weighted by molar-refractivity contribution is 5.56. The standard InChI is InChI=1S/C9H10N4O/c14-4-1-7-5-12-13-9(7)8-6-10-2-3-11-8/h2-3,5-6,14H,1,4H2,(H,12,13). The van der Waals surface area contributed by atoms with Crippen LogP contribution in [0, 0.1) is 0 Å². The van der Waals surface area contributed by atoms with Gasteiger partial charge in [-0.1, -0.05) is 0 Å². The maximum absolute atomic E-state index is 8.83. The van der Waals surface area contributed by atoms with Crippen LogP contribution in [-0.2, 0) is 6.42 Å². The smallest absolute Gasteiger partial charge is 0.107 e. The maximum Gasteiger partial charge on any atom is 0.107 e. The van der Waals surface area contributed by atoms with Gasteiger partial charge in [0.25, 0.3) is 0 Å². The molecule has 0 fully saturated rings.